The van der Waals surface area contributed by atoms with Crippen molar-refractivity contribution in [1.82, 2.24) is 0 Å². The zero-order valence-electron chi connectivity index (χ0n) is 12.8. The Bertz CT molecular complexity index is 357. The highest BCUT2D eigenvalue weighted by Crippen LogP contribution is 2.33. The molecule has 0 radical (unpaired) electrons. The lowest BCUT2D eigenvalue weighted by Gasteiger charge is -2.28. The van der Waals surface area contributed by atoms with Crippen LogP contribution in [0.1, 0.15) is 70.6 Å². The second kappa shape index (κ2) is 8.92. The molecule has 2 aliphatic rings. The van der Waals surface area contributed by atoms with Crippen LogP contribution in [0.15, 0.2) is 9.98 Å². The lowest BCUT2D eigenvalue weighted by Crippen LogP contribution is -2.19. The first kappa shape index (κ1) is 16.1. The highest BCUT2D eigenvalue weighted by atomic mass is 16.1. The molecule has 116 valence electrons. The molecular formula is C17H26N2O2. The van der Waals surface area contributed by atoms with Gasteiger partial charge in [0.25, 0.3) is 0 Å². The first-order chi connectivity index (χ1) is 10.3. The van der Waals surface area contributed by atoms with Gasteiger partial charge in [-0.3, -0.25) is 0 Å². The third kappa shape index (κ3) is 5.57. The maximum atomic E-state index is 10.2. The van der Waals surface area contributed by atoms with Gasteiger partial charge in [-0.25, -0.2) is 19.6 Å². The lowest BCUT2D eigenvalue weighted by molar-refractivity contribution is 0.270. The molecule has 0 aliphatic heterocycles. The van der Waals surface area contributed by atoms with Crippen molar-refractivity contribution < 1.29 is 9.59 Å². The van der Waals surface area contributed by atoms with E-state index in [9.17, 15) is 9.59 Å². The summed E-state index contributed by atoms with van der Waals surface area (Å²) in [5.74, 6) is 1.67. The quantitative estimate of drug-likeness (QED) is 0.549. The van der Waals surface area contributed by atoms with E-state index in [1.165, 1.54) is 44.9 Å². The van der Waals surface area contributed by atoms with Crippen molar-refractivity contribution in [2.45, 2.75) is 82.7 Å². The van der Waals surface area contributed by atoms with Crippen LogP contribution >= 0.6 is 0 Å². The van der Waals surface area contributed by atoms with Crippen molar-refractivity contribution in [1.29, 1.82) is 0 Å². The molecule has 4 heteroatoms. The molecule has 0 aromatic rings. The summed E-state index contributed by atoms with van der Waals surface area (Å²) in [5.41, 5.74) is 0. The Balaban J connectivity index is 1.56. The summed E-state index contributed by atoms with van der Waals surface area (Å²) >= 11 is 0. The molecule has 0 amide bonds. The summed E-state index contributed by atoms with van der Waals surface area (Å²) < 4.78 is 0. The second-order valence-corrected chi connectivity index (χ2v) is 6.72. The van der Waals surface area contributed by atoms with Crippen LogP contribution in [0.25, 0.3) is 0 Å². The maximum Gasteiger partial charge on any atom is 0.235 e. The lowest BCUT2D eigenvalue weighted by atomic mass is 9.80. The fourth-order valence-corrected chi connectivity index (χ4v) is 3.97. The SMILES string of the molecule is O=C=NC1CCC(CCCC2CCC(N=C=O)CC2)CC1. The Morgan fingerprint density at radius 2 is 1.05 bits per heavy atom. The monoisotopic (exact) mass is 290 g/mol. The zero-order valence-corrected chi connectivity index (χ0v) is 12.8. The van der Waals surface area contributed by atoms with E-state index in [1.54, 1.807) is 12.2 Å². The van der Waals surface area contributed by atoms with Crippen molar-refractivity contribution in [2.75, 3.05) is 0 Å². The molecule has 0 unspecified atom stereocenters. The Hall–Kier alpha value is -1.24. The van der Waals surface area contributed by atoms with Crippen molar-refractivity contribution in [3.05, 3.63) is 0 Å². The number of nitrogens with zero attached hydrogens (tertiary/aromatic N) is 2. The summed E-state index contributed by atoms with van der Waals surface area (Å²) in [6.07, 6.45) is 16.5. The Labute approximate surface area is 127 Å². The molecule has 2 saturated carbocycles. The van der Waals surface area contributed by atoms with Crippen LogP contribution in [-0.4, -0.2) is 24.2 Å². The van der Waals surface area contributed by atoms with Gasteiger partial charge in [-0.1, -0.05) is 19.3 Å². The van der Waals surface area contributed by atoms with Gasteiger partial charge in [0, 0.05) is 0 Å². The highest BCUT2D eigenvalue weighted by Gasteiger charge is 2.23. The third-order valence-corrected chi connectivity index (χ3v) is 5.33. The Morgan fingerprint density at radius 3 is 1.38 bits per heavy atom. The molecule has 0 aromatic carbocycles. The van der Waals surface area contributed by atoms with E-state index >= 15 is 0 Å². The number of hydrogen-bond donors (Lipinski definition) is 0. The van der Waals surface area contributed by atoms with Crippen molar-refractivity contribution in [2.24, 2.45) is 21.8 Å². The molecule has 0 heterocycles. The molecular weight excluding hydrogens is 264 g/mol. The van der Waals surface area contributed by atoms with Gasteiger partial charge in [-0.05, 0) is 63.2 Å². The maximum absolute atomic E-state index is 10.2. The van der Waals surface area contributed by atoms with Crippen molar-refractivity contribution in [3.63, 3.8) is 0 Å². The predicted octanol–water partition coefficient (Wildman–Crippen LogP) is 3.95. The van der Waals surface area contributed by atoms with Crippen molar-refractivity contribution >= 4 is 12.2 Å². The summed E-state index contributed by atoms with van der Waals surface area (Å²) in [4.78, 5) is 28.2. The minimum absolute atomic E-state index is 0.243. The zero-order chi connectivity index (χ0) is 14.9. The average molecular weight is 290 g/mol. The topological polar surface area (TPSA) is 58.9 Å². The largest absolute Gasteiger partial charge is 0.235 e. The van der Waals surface area contributed by atoms with E-state index in [0.717, 1.165) is 37.5 Å². The number of hydrogen-bond acceptors (Lipinski definition) is 4. The number of rotatable bonds is 6. The number of carbonyl (C=O) groups excluding carboxylic acids is 2. The predicted molar refractivity (Wildman–Crippen MR) is 81.6 cm³/mol. The Morgan fingerprint density at radius 1 is 0.667 bits per heavy atom. The normalized spacial score (nSPS) is 32.8. The van der Waals surface area contributed by atoms with Crippen LogP contribution < -0.4 is 0 Å². The van der Waals surface area contributed by atoms with Crippen molar-refractivity contribution in [3.8, 4) is 0 Å². The Kier molecular flexibility index (Phi) is 6.85. The molecule has 0 spiro atoms. The first-order valence-electron chi connectivity index (χ1n) is 8.45. The minimum Gasteiger partial charge on any atom is -0.211 e. The third-order valence-electron chi connectivity index (χ3n) is 5.33. The molecule has 4 nitrogen and oxygen atoms in total. The molecule has 0 saturated heterocycles. The molecule has 21 heavy (non-hydrogen) atoms. The van der Waals surface area contributed by atoms with Crippen LogP contribution in [-0.2, 0) is 9.59 Å². The van der Waals surface area contributed by atoms with E-state index < -0.39 is 0 Å². The molecule has 0 N–H and O–H groups in total. The van der Waals surface area contributed by atoms with Gasteiger partial charge in [0.15, 0.2) is 0 Å². The smallest absolute Gasteiger partial charge is 0.211 e. The van der Waals surface area contributed by atoms with E-state index in [1.807, 2.05) is 0 Å². The second-order valence-electron chi connectivity index (χ2n) is 6.72. The summed E-state index contributed by atoms with van der Waals surface area (Å²) in [6, 6.07) is 0.486. The van der Waals surface area contributed by atoms with E-state index in [4.69, 9.17) is 0 Å². The van der Waals surface area contributed by atoms with Crippen LogP contribution in [0.2, 0.25) is 0 Å². The molecule has 2 aliphatic carbocycles. The standard InChI is InChI=1S/C17H26N2O2/c20-12-18-16-8-4-14(5-9-16)2-1-3-15-6-10-17(11-7-15)19-13-21/h14-17H,1-11H2. The van der Waals surface area contributed by atoms with E-state index in [2.05, 4.69) is 9.98 Å². The van der Waals surface area contributed by atoms with Crippen LogP contribution in [0.3, 0.4) is 0 Å². The first-order valence-corrected chi connectivity index (χ1v) is 8.45. The average Bonchev–Trinajstić information content (AvgIpc) is 2.51. The summed E-state index contributed by atoms with van der Waals surface area (Å²) in [5, 5.41) is 0. The molecule has 2 fully saturated rings. The fourth-order valence-electron chi connectivity index (χ4n) is 3.97. The van der Waals surface area contributed by atoms with E-state index in [0.29, 0.717) is 0 Å². The summed E-state index contributed by atoms with van der Waals surface area (Å²) in [7, 11) is 0. The van der Waals surface area contributed by atoms with Gasteiger partial charge in [-0.2, -0.15) is 0 Å². The van der Waals surface area contributed by atoms with Gasteiger partial charge < -0.3 is 0 Å². The van der Waals surface area contributed by atoms with Crippen LogP contribution in [0.4, 0.5) is 0 Å². The van der Waals surface area contributed by atoms with Gasteiger partial charge in [0.2, 0.25) is 12.2 Å². The van der Waals surface area contributed by atoms with Gasteiger partial charge in [0.1, 0.15) is 0 Å². The number of aliphatic imine (C=N–C) groups is 2. The van der Waals surface area contributed by atoms with Gasteiger partial charge in [-0.15, -0.1) is 0 Å². The molecule has 0 bridgehead atoms. The summed E-state index contributed by atoms with van der Waals surface area (Å²) in [6.45, 7) is 0. The minimum atomic E-state index is 0.243. The molecule has 0 aromatic heterocycles. The van der Waals surface area contributed by atoms with Crippen LogP contribution in [0, 0.1) is 11.8 Å². The van der Waals surface area contributed by atoms with Crippen LogP contribution in [0.5, 0.6) is 0 Å². The number of isocyanates is 2. The van der Waals surface area contributed by atoms with E-state index in [-0.39, 0.29) is 12.1 Å². The molecule has 0 atom stereocenters. The highest BCUT2D eigenvalue weighted by molar-refractivity contribution is 5.33. The molecule has 2 rings (SSSR count). The van der Waals surface area contributed by atoms with Gasteiger partial charge in [0.05, 0.1) is 12.1 Å². The van der Waals surface area contributed by atoms with Gasteiger partial charge >= 0.3 is 0 Å². The fraction of sp³-hybridized carbons (Fsp3) is 0.882.